The molecule has 0 unspecified atom stereocenters. The van der Waals surface area contributed by atoms with Gasteiger partial charge in [-0.1, -0.05) is 44.2 Å². The van der Waals surface area contributed by atoms with Crippen molar-refractivity contribution in [2.75, 3.05) is 6.61 Å². The molecule has 21 heavy (non-hydrogen) atoms. The maximum absolute atomic E-state index is 12.3. The number of carbonyl (C=O) groups is 1. The Kier molecular flexibility index (Phi) is 3.76. The molecule has 1 amide bonds. The van der Waals surface area contributed by atoms with E-state index in [0.29, 0.717) is 18.4 Å². The Morgan fingerprint density at radius 2 is 2.14 bits per heavy atom. The molecule has 2 aliphatic rings. The van der Waals surface area contributed by atoms with Gasteiger partial charge in [0.2, 0.25) is 5.91 Å². The van der Waals surface area contributed by atoms with Gasteiger partial charge in [0.25, 0.3) is 0 Å². The fraction of sp³-hybridized carbons (Fsp3) is 0.588. The molecule has 4 atom stereocenters. The second-order valence-electron chi connectivity index (χ2n) is 6.83. The maximum atomic E-state index is 12.3. The summed E-state index contributed by atoms with van der Waals surface area (Å²) in [6.07, 6.45) is 1.67. The Balaban J connectivity index is 1.57. The molecule has 1 saturated carbocycles. The number of amides is 1. The average molecular weight is 288 g/mol. The van der Waals surface area contributed by atoms with Gasteiger partial charge < -0.3 is 15.8 Å². The molecular weight excluding hydrogens is 264 g/mol. The minimum Gasteiger partial charge on any atom is -0.377 e. The minimum absolute atomic E-state index is 0.0215. The summed E-state index contributed by atoms with van der Waals surface area (Å²) >= 11 is 0. The first kappa shape index (κ1) is 14.5. The Bertz CT molecular complexity index is 515. The molecule has 1 aromatic carbocycles. The second kappa shape index (κ2) is 5.43. The first-order valence-electron chi connectivity index (χ1n) is 7.71. The summed E-state index contributed by atoms with van der Waals surface area (Å²) in [5.41, 5.74) is 7.14. The summed E-state index contributed by atoms with van der Waals surface area (Å²) < 4.78 is 5.75. The molecule has 4 heteroatoms. The number of rotatable bonds is 4. The molecule has 1 heterocycles. The third-order valence-electron chi connectivity index (χ3n) is 5.05. The van der Waals surface area contributed by atoms with Crippen LogP contribution in [0.2, 0.25) is 0 Å². The number of fused-ring (bicyclic) bond motifs is 1. The van der Waals surface area contributed by atoms with Gasteiger partial charge in [-0.25, -0.2) is 0 Å². The van der Waals surface area contributed by atoms with E-state index in [1.807, 2.05) is 30.3 Å². The Morgan fingerprint density at radius 1 is 1.43 bits per heavy atom. The molecule has 1 saturated heterocycles. The molecule has 0 radical (unpaired) electrons. The Hall–Kier alpha value is -1.39. The first-order valence-corrected chi connectivity index (χ1v) is 7.71. The zero-order valence-corrected chi connectivity index (χ0v) is 12.7. The summed E-state index contributed by atoms with van der Waals surface area (Å²) in [7, 11) is 0. The molecular formula is C17H24N2O2. The highest BCUT2D eigenvalue weighted by molar-refractivity contribution is 5.77. The van der Waals surface area contributed by atoms with Gasteiger partial charge in [0, 0.05) is 36.4 Å². The lowest BCUT2D eigenvalue weighted by molar-refractivity contribution is -0.138. The van der Waals surface area contributed by atoms with Gasteiger partial charge in [-0.3, -0.25) is 4.79 Å². The summed E-state index contributed by atoms with van der Waals surface area (Å²) in [5.74, 6) is 0.506. The van der Waals surface area contributed by atoms with Crippen LogP contribution in [0.25, 0.3) is 0 Å². The van der Waals surface area contributed by atoms with Crippen molar-refractivity contribution in [3.63, 3.8) is 0 Å². The lowest BCUT2D eigenvalue weighted by Crippen LogP contribution is -2.66. The highest BCUT2D eigenvalue weighted by atomic mass is 16.5. The summed E-state index contributed by atoms with van der Waals surface area (Å²) in [5, 5.41) is 3.18. The zero-order valence-electron chi connectivity index (χ0n) is 12.7. The fourth-order valence-electron chi connectivity index (χ4n) is 3.87. The molecule has 3 rings (SSSR count). The van der Waals surface area contributed by atoms with Gasteiger partial charge in [0.05, 0.1) is 6.10 Å². The summed E-state index contributed by atoms with van der Waals surface area (Å²) in [6, 6.07) is 9.74. The second-order valence-corrected chi connectivity index (χ2v) is 6.83. The van der Waals surface area contributed by atoms with Gasteiger partial charge in [-0.15, -0.1) is 0 Å². The molecule has 1 aromatic rings. The SMILES string of the molecule is CC1(C)[C@H](NC(=O)C[C@H](N)c2ccccc2)[C@@H]2CCO[C@H]21. The molecule has 3 N–H and O–H groups in total. The lowest BCUT2D eigenvalue weighted by Gasteiger charge is -2.54. The van der Waals surface area contributed by atoms with Gasteiger partial charge >= 0.3 is 0 Å². The number of benzene rings is 1. The van der Waals surface area contributed by atoms with Crippen LogP contribution in [0.15, 0.2) is 30.3 Å². The number of nitrogens with one attached hydrogen (secondary N) is 1. The molecule has 1 aliphatic heterocycles. The predicted octanol–water partition coefficient (Wildman–Crippen LogP) is 2.01. The fourth-order valence-corrected chi connectivity index (χ4v) is 3.87. The molecule has 2 fully saturated rings. The summed E-state index contributed by atoms with van der Waals surface area (Å²) in [4.78, 5) is 12.3. The largest absolute Gasteiger partial charge is 0.377 e. The van der Waals surface area contributed by atoms with E-state index in [0.717, 1.165) is 18.6 Å². The van der Waals surface area contributed by atoms with Crippen LogP contribution in [0.4, 0.5) is 0 Å². The Morgan fingerprint density at radius 3 is 2.86 bits per heavy atom. The predicted molar refractivity (Wildman–Crippen MR) is 81.5 cm³/mol. The maximum Gasteiger partial charge on any atom is 0.222 e. The van der Waals surface area contributed by atoms with Crippen LogP contribution in [0.1, 0.15) is 38.3 Å². The Labute approximate surface area is 126 Å². The van der Waals surface area contributed by atoms with Gasteiger partial charge in [-0.05, 0) is 12.0 Å². The zero-order chi connectivity index (χ0) is 15.0. The highest BCUT2D eigenvalue weighted by Crippen LogP contribution is 2.52. The van der Waals surface area contributed by atoms with Crippen molar-refractivity contribution in [2.24, 2.45) is 17.1 Å². The van der Waals surface area contributed by atoms with E-state index in [9.17, 15) is 4.79 Å². The quantitative estimate of drug-likeness (QED) is 0.890. The summed E-state index contributed by atoms with van der Waals surface area (Å²) in [6.45, 7) is 5.15. The molecule has 1 aliphatic carbocycles. The third-order valence-corrected chi connectivity index (χ3v) is 5.05. The van der Waals surface area contributed by atoms with Gasteiger partial charge in [-0.2, -0.15) is 0 Å². The number of nitrogens with two attached hydrogens (primary N) is 1. The number of carbonyl (C=O) groups excluding carboxylic acids is 1. The van der Waals surface area contributed by atoms with Crippen molar-refractivity contribution in [3.8, 4) is 0 Å². The first-order chi connectivity index (χ1) is 10.00. The molecule has 0 bridgehead atoms. The van der Waals surface area contributed by atoms with Crippen LogP contribution in [-0.2, 0) is 9.53 Å². The standard InChI is InChI=1S/C17H24N2O2/c1-17(2)15(12-8-9-21-16(12)17)19-14(20)10-13(18)11-6-4-3-5-7-11/h3-7,12-13,15-16H,8-10,18H2,1-2H3,(H,19,20)/t12-,13-,15+,16+/m0/s1. The lowest BCUT2D eigenvalue weighted by atomic mass is 9.57. The van der Waals surface area contributed by atoms with Crippen molar-refractivity contribution in [2.45, 2.75) is 44.9 Å². The minimum atomic E-state index is -0.245. The van der Waals surface area contributed by atoms with Crippen LogP contribution in [0.5, 0.6) is 0 Å². The van der Waals surface area contributed by atoms with E-state index >= 15 is 0 Å². The van der Waals surface area contributed by atoms with Crippen molar-refractivity contribution < 1.29 is 9.53 Å². The van der Waals surface area contributed by atoms with Crippen molar-refractivity contribution in [3.05, 3.63) is 35.9 Å². The molecule has 4 nitrogen and oxygen atoms in total. The van der Waals surface area contributed by atoms with Crippen LogP contribution in [0.3, 0.4) is 0 Å². The van der Waals surface area contributed by atoms with Crippen molar-refractivity contribution >= 4 is 5.91 Å². The highest BCUT2D eigenvalue weighted by Gasteiger charge is 2.59. The normalized spacial score (nSPS) is 31.1. The van der Waals surface area contributed by atoms with E-state index in [1.165, 1.54) is 0 Å². The number of hydrogen-bond donors (Lipinski definition) is 2. The van der Waals surface area contributed by atoms with E-state index in [2.05, 4.69) is 19.2 Å². The number of hydrogen-bond acceptors (Lipinski definition) is 3. The van der Waals surface area contributed by atoms with Crippen molar-refractivity contribution in [1.29, 1.82) is 0 Å². The van der Waals surface area contributed by atoms with Crippen LogP contribution < -0.4 is 11.1 Å². The molecule has 0 aromatic heterocycles. The van der Waals surface area contributed by atoms with E-state index in [1.54, 1.807) is 0 Å². The topological polar surface area (TPSA) is 64.4 Å². The smallest absolute Gasteiger partial charge is 0.222 e. The van der Waals surface area contributed by atoms with Crippen LogP contribution in [-0.4, -0.2) is 24.7 Å². The van der Waals surface area contributed by atoms with Crippen molar-refractivity contribution in [1.82, 2.24) is 5.32 Å². The van der Waals surface area contributed by atoms with Crippen LogP contribution >= 0.6 is 0 Å². The average Bonchev–Trinajstić information content (AvgIpc) is 2.93. The van der Waals surface area contributed by atoms with E-state index < -0.39 is 0 Å². The van der Waals surface area contributed by atoms with Gasteiger partial charge in [0.1, 0.15) is 0 Å². The van der Waals surface area contributed by atoms with Crippen LogP contribution in [0, 0.1) is 11.3 Å². The van der Waals surface area contributed by atoms with E-state index in [-0.39, 0.29) is 23.4 Å². The van der Waals surface area contributed by atoms with E-state index in [4.69, 9.17) is 10.5 Å². The molecule has 114 valence electrons. The third kappa shape index (κ3) is 2.58. The monoisotopic (exact) mass is 288 g/mol. The molecule has 0 spiro atoms. The van der Waals surface area contributed by atoms with Gasteiger partial charge in [0.15, 0.2) is 0 Å². The number of ether oxygens (including phenoxy) is 1.